The van der Waals surface area contributed by atoms with Gasteiger partial charge in [-0.2, -0.15) is 0 Å². The van der Waals surface area contributed by atoms with E-state index >= 15 is 0 Å². The predicted octanol–water partition coefficient (Wildman–Crippen LogP) is 3.60. The number of piperidine rings is 1. The maximum atomic E-state index is 14.3. The highest BCUT2D eigenvalue weighted by Gasteiger charge is 2.29. The first-order valence-electron chi connectivity index (χ1n) is 9.43. The molecule has 2 aliphatic heterocycles. The van der Waals surface area contributed by atoms with Gasteiger partial charge in [0.15, 0.2) is 0 Å². The molecular weight excluding hydrogens is 329 g/mol. The minimum Gasteiger partial charge on any atom is -0.370 e. The van der Waals surface area contributed by atoms with Crippen molar-refractivity contribution >= 4 is 16.6 Å². The first-order valence-corrected chi connectivity index (χ1v) is 9.43. The summed E-state index contributed by atoms with van der Waals surface area (Å²) >= 11 is 0. The van der Waals surface area contributed by atoms with E-state index in [9.17, 15) is 4.39 Å². The number of para-hydroxylation sites is 1. The lowest BCUT2D eigenvalue weighted by atomic mass is 9.96. The van der Waals surface area contributed by atoms with Gasteiger partial charge >= 0.3 is 0 Å². The number of rotatable bonds is 2. The third-order valence-electron chi connectivity index (χ3n) is 5.66. The van der Waals surface area contributed by atoms with Crippen LogP contribution in [-0.2, 0) is 13.0 Å². The second kappa shape index (κ2) is 6.04. The van der Waals surface area contributed by atoms with Gasteiger partial charge in [-0.15, -0.1) is 10.2 Å². The van der Waals surface area contributed by atoms with E-state index in [1.54, 1.807) is 6.07 Å². The number of aromatic nitrogens is 4. The minimum atomic E-state index is -0.253. The van der Waals surface area contributed by atoms with Crippen molar-refractivity contribution in [1.29, 1.82) is 0 Å². The molecule has 0 spiro atoms. The summed E-state index contributed by atoms with van der Waals surface area (Å²) in [4.78, 5) is 6.79. The van der Waals surface area contributed by atoms with E-state index in [4.69, 9.17) is 0 Å². The number of aryl methyl sites for hydroxylation is 2. The maximum absolute atomic E-state index is 14.3. The van der Waals surface area contributed by atoms with Crippen molar-refractivity contribution in [3.05, 3.63) is 47.4 Å². The Balaban J connectivity index is 1.53. The molecule has 2 aliphatic rings. The summed E-state index contributed by atoms with van der Waals surface area (Å²) in [5.41, 5.74) is 2.40. The van der Waals surface area contributed by atoms with Gasteiger partial charge in [0.1, 0.15) is 23.0 Å². The van der Waals surface area contributed by atoms with Crippen LogP contribution < -0.4 is 4.90 Å². The lowest BCUT2D eigenvalue weighted by Gasteiger charge is -2.34. The summed E-state index contributed by atoms with van der Waals surface area (Å²) in [6.45, 7) is 4.85. The van der Waals surface area contributed by atoms with Crippen LogP contribution >= 0.6 is 0 Å². The van der Waals surface area contributed by atoms with Crippen molar-refractivity contribution in [2.45, 2.75) is 45.1 Å². The molecule has 1 atom stereocenters. The summed E-state index contributed by atoms with van der Waals surface area (Å²) in [5, 5.41) is 9.77. The van der Waals surface area contributed by atoms with Gasteiger partial charge in [-0.25, -0.2) is 9.37 Å². The van der Waals surface area contributed by atoms with E-state index in [0.717, 1.165) is 67.3 Å². The largest absolute Gasteiger partial charge is 0.370 e. The second-order valence-electron chi connectivity index (χ2n) is 7.43. The summed E-state index contributed by atoms with van der Waals surface area (Å²) < 4.78 is 16.6. The Hall–Kier alpha value is -2.50. The molecule has 0 radical (unpaired) electrons. The Morgan fingerprint density at radius 1 is 1.15 bits per heavy atom. The van der Waals surface area contributed by atoms with E-state index in [1.807, 2.05) is 13.0 Å². The molecule has 5 rings (SSSR count). The third kappa shape index (κ3) is 2.47. The van der Waals surface area contributed by atoms with Crippen molar-refractivity contribution in [3.63, 3.8) is 0 Å². The van der Waals surface area contributed by atoms with Gasteiger partial charge in [0, 0.05) is 48.7 Å². The Bertz CT molecular complexity index is 980. The van der Waals surface area contributed by atoms with Crippen LogP contribution in [0.3, 0.4) is 0 Å². The van der Waals surface area contributed by atoms with Crippen LogP contribution in [0.2, 0.25) is 0 Å². The molecule has 3 aromatic rings. The molecule has 0 aliphatic carbocycles. The monoisotopic (exact) mass is 351 g/mol. The van der Waals surface area contributed by atoms with Crippen molar-refractivity contribution < 1.29 is 4.39 Å². The first kappa shape index (κ1) is 15.7. The second-order valence-corrected chi connectivity index (χ2v) is 7.43. The molecule has 1 saturated heterocycles. The fourth-order valence-electron chi connectivity index (χ4n) is 4.46. The van der Waals surface area contributed by atoms with Crippen LogP contribution in [0.4, 0.5) is 10.1 Å². The standard InChI is InChI=1S/C20H22FN5/c1-13-11-17(15-6-2-7-16(21)19(15)22-13)25-9-3-5-14(12-25)20-24-23-18-8-4-10-26(18)20/h2,6-7,11,14H,3-5,8-10,12H2,1H3. The number of hydrogen-bond donors (Lipinski definition) is 0. The fraction of sp³-hybridized carbons (Fsp3) is 0.450. The van der Waals surface area contributed by atoms with Crippen LogP contribution in [0.25, 0.3) is 10.9 Å². The Labute approximate surface area is 151 Å². The minimum absolute atomic E-state index is 0.253. The first-order chi connectivity index (χ1) is 12.7. The normalized spacial score (nSPS) is 19.9. The van der Waals surface area contributed by atoms with Crippen LogP contribution in [-0.4, -0.2) is 32.8 Å². The lowest BCUT2D eigenvalue weighted by Crippen LogP contribution is -2.35. The van der Waals surface area contributed by atoms with Crippen LogP contribution in [0, 0.1) is 12.7 Å². The zero-order valence-electron chi connectivity index (χ0n) is 15.0. The molecule has 0 saturated carbocycles. The van der Waals surface area contributed by atoms with E-state index < -0.39 is 0 Å². The van der Waals surface area contributed by atoms with Crippen molar-refractivity contribution in [2.75, 3.05) is 18.0 Å². The molecule has 1 unspecified atom stereocenters. The molecule has 0 bridgehead atoms. The van der Waals surface area contributed by atoms with Crippen LogP contribution in [0.5, 0.6) is 0 Å². The summed E-state index contributed by atoms with van der Waals surface area (Å²) in [6, 6.07) is 7.30. The molecule has 2 aromatic heterocycles. The molecule has 1 fully saturated rings. The topological polar surface area (TPSA) is 46.8 Å². The third-order valence-corrected chi connectivity index (χ3v) is 5.66. The van der Waals surface area contributed by atoms with Crippen LogP contribution in [0.15, 0.2) is 24.3 Å². The molecule has 26 heavy (non-hydrogen) atoms. The smallest absolute Gasteiger partial charge is 0.149 e. The van der Waals surface area contributed by atoms with Gasteiger partial charge in [0.05, 0.1) is 0 Å². The van der Waals surface area contributed by atoms with Gasteiger partial charge in [0.25, 0.3) is 0 Å². The van der Waals surface area contributed by atoms with E-state index in [0.29, 0.717) is 11.4 Å². The number of fused-ring (bicyclic) bond motifs is 2. The molecular formula is C20H22FN5. The molecule has 1 aromatic carbocycles. The average molecular weight is 351 g/mol. The van der Waals surface area contributed by atoms with Gasteiger partial charge in [-0.05, 0) is 38.3 Å². The number of hydrogen-bond acceptors (Lipinski definition) is 4. The Kier molecular flexibility index (Phi) is 3.65. The highest BCUT2D eigenvalue weighted by Crippen LogP contribution is 2.34. The van der Waals surface area contributed by atoms with Crippen molar-refractivity contribution in [1.82, 2.24) is 19.7 Å². The molecule has 0 amide bonds. The molecule has 5 nitrogen and oxygen atoms in total. The summed E-state index contributed by atoms with van der Waals surface area (Å²) in [7, 11) is 0. The Morgan fingerprint density at radius 2 is 2.08 bits per heavy atom. The van der Waals surface area contributed by atoms with Gasteiger partial charge in [-0.1, -0.05) is 12.1 Å². The summed E-state index contributed by atoms with van der Waals surface area (Å²) in [5.74, 6) is 2.38. The zero-order valence-corrected chi connectivity index (χ0v) is 15.0. The molecule has 134 valence electrons. The van der Waals surface area contributed by atoms with Crippen molar-refractivity contribution in [2.24, 2.45) is 0 Å². The highest BCUT2D eigenvalue weighted by atomic mass is 19.1. The highest BCUT2D eigenvalue weighted by molar-refractivity contribution is 5.92. The zero-order chi connectivity index (χ0) is 17.7. The van der Waals surface area contributed by atoms with Gasteiger partial charge in [0.2, 0.25) is 0 Å². The SMILES string of the molecule is Cc1cc(N2CCCC(c3nnc4n3CCC4)C2)c2cccc(F)c2n1. The van der Waals surface area contributed by atoms with Crippen molar-refractivity contribution in [3.8, 4) is 0 Å². The maximum Gasteiger partial charge on any atom is 0.149 e. The fourth-order valence-corrected chi connectivity index (χ4v) is 4.46. The summed E-state index contributed by atoms with van der Waals surface area (Å²) in [6.07, 6.45) is 4.44. The number of benzene rings is 1. The van der Waals surface area contributed by atoms with E-state index in [2.05, 4.69) is 30.7 Å². The average Bonchev–Trinajstić information content (AvgIpc) is 3.25. The number of halogens is 1. The number of pyridine rings is 1. The van der Waals surface area contributed by atoms with E-state index in [1.165, 1.54) is 12.5 Å². The molecule has 4 heterocycles. The Morgan fingerprint density at radius 3 is 3.00 bits per heavy atom. The number of nitrogens with zero attached hydrogens (tertiary/aromatic N) is 5. The van der Waals surface area contributed by atoms with Gasteiger partial charge < -0.3 is 9.47 Å². The van der Waals surface area contributed by atoms with Gasteiger partial charge in [-0.3, -0.25) is 0 Å². The quantitative estimate of drug-likeness (QED) is 0.708. The lowest BCUT2D eigenvalue weighted by molar-refractivity contribution is 0.473. The van der Waals surface area contributed by atoms with Crippen LogP contribution in [0.1, 0.15) is 42.5 Å². The predicted molar refractivity (Wildman–Crippen MR) is 99.0 cm³/mol. The van der Waals surface area contributed by atoms with E-state index in [-0.39, 0.29) is 5.82 Å². The molecule has 0 N–H and O–H groups in total. The molecule has 6 heteroatoms. The number of anilines is 1.